The number of halogens is 3. The SMILES string of the molecule is COc1cc(OC(F)(F)F)ccc1-c1cccc(C(CO)c2nnc(C)o2)c1. The highest BCUT2D eigenvalue weighted by molar-refractivity contribution is 5.72. The van der Waals surface area contributed by atoms with Crippen molar-refractivity contribution in [1.82, 2.24) is 10.2 Å². The Hall–Kier alpha value is -3.07. The molecule has 3 rings (SSSR count). The number of benzene rings is 2. The van der Waals surface area contributed by atoms with E-state index in [4.69, 9.17) is 9.15 Å². The van der Waals surface area contributed by atoms with Crippen LogP contribution in [-0.4, -0.2) is 35.4 Å². The van der Waals surface area contributed by atoms with Gasteiger partial charge >= 0.3 is 6.36 Å². The topological polar surface area (TPSA) is 77.6 Å². The third kappa shape index (κ3) is 4.42. The largest absolute Gasteiger partial charge is 0.573 e. The fraction of sp³-hybridized carbons (Fsp3) is 0.263. The summed E-state index contributed by atoms with van der Waals surface area (Å²) in [6.45, 7) is 1.40. The summed E-state index contributed by atoms with van der Waals surface area (Å²) in [6, 6.07) is 11.0. The molecule has 0 saturated carbocycles. The van der Waals surface area contributed by atoms with Gasteiger partial charge in [0.05, 0.1) is 19.6 Å². The Labute approximate surface area is 158 Å². The molecule has 0 amide bonds. The van der Waals surface area contributed by atoms with Gasteiger partial charge in [-0.05, 0) is 23.3 Å². The van der Waals surface area contributed by atoms with Gasteiger partial charge in [0.1, 0.15) is 11.5 Å². The van der Waals surface area contributed by atoms with Gasteiger partial charge in [0.25, 0.3) is 0 Å². The summed E-state index contributed by atoms with van der Waals surface area (Å²) in [5.74, 6) is -0.0311. The summed E-state index contributed by atoms with van der Waals surface area (Å²) in [4.78, 5) is 0. The average Bonchev–Trinajstić information content (AvgIpc) is 3.07. The number of aromatic nitrogens is 2. The molecule has 148 valence electrons. The number of aryl methyl sites for hydroxylation is 1. The molecular weight excluding hydrogens is 377 g/mol. The summed E-state index contributed by atoms with van der Waals surface area (Å²) in [7, 11) is 1.36. The fourth-order valence-corrected chi connectivity index (χ4v) is 2.81. The summed E-state index contributed by atoms with van der Waals surface area (Å²) >= 11 is 0. The van der Waals surface area contributed by atoms with Crippen LogP contribution in [0.25, 0.3) is 11.1 Å². The first-order valence-electron chi connectivity index (χ1n) is 8.25. The summed E-state index contributed by atoms with van der Waals surface area (Å²) < 4.78 is 51.9. The second kappa shape index (κ2) is 7.89. The normalized spacial score (nSPS) is 12.6. The van der Waals surface area contributed by atoms with Crippen molar-refractivity contribution in [3.63, 3.8) is 0 Å². The zero-order valence-corrected chi connectivity index (χ0v) is 15.0. The molecule has 6 nitrogen and oxygen atoms in total. The molecule has 1 unspecified atom stereocenters. The van der Waals surface area contributed by atoms with Crippen molar-refractivity contribution in [1.29, 1.82) is 0 Å². The van der Waals surface area contributed by atoms with Crippen LogP contribution in [0.4, 0.5) is 13.2 Å². The van der Waals surface area contributed by atoms with Gasteiger partial charge < -0.3 is 19.0 Å². The van der Waals surface area contributed by atoms with E-state index < -0.39 is 12.3 Å². The number of hydrogen-bond donors (Lipinski definition) is 1. The van der Waals surface area contributed by atoms with Crippen LogP contribution in [0, 0.1) is 6.92 Å². The Morgan fingerprint density at radius 3 is 2.54 bits per heavy atom. The minimum Gasteiger partial charge on any atom is -0.496 e. The number of methoxy groups -OCH3 is 1. The van der Waals surface area contributed by atoms with Gasteiger partial charge in [-0.25, -0.2) is 0 Å². The zero-order valence-electron chi connectivity index (χ0n) is 15.0. The number of nitrogens with zero attached hydrogens (tertiary/aromatic N) is 2. The molecule has 3 aromatic rings. The zero-order chi connectivity index (χ0) is 20.3. The molecule has 28 heavy (non-hydrogen) atoms. The maximum Gasteiger partial charge on any atom is 0.573 e. The van der Waals surface area contributed by atoms with Crippen molar-refractivity contribution in [3.05, 3.63) is 59.8 Å². The maximum atomic E-state index is 12.4. The number of hydrogen-bond acceptors (Lipinski definition) is 6. The molecule has 2 aromatic carbocycles. The molecule has 1 atom stereocenters. The standard InChI is InChI=1S/C19H17F3N2O4/c1-11-23-24-18(27-11)16(10-25)13-5-3-4-12(8-13)15-7-6-14(9-17(15)26-2)28-19(20,21)22/h3-9,16,25H,10H2,1-2H3. The lowest BCUT2D eigenvalue weighted by atomic mass is 9.95. The molecule has 0 bridgehead atoms. The molecule has 0 aliphatic carbocycles. The van der Waals surface area contributed by atoms with Crippen molar-refractivity contribution in [2.75, 3.05) is 13.7 Å². The molecule has 1 heterocycles. The second-order valence-electron chi connectivity index (χ2n) is 5.93. The first kappa shape index (κ1) is 19.7. The highest BCUT2D eigenvalue weighted by atomic mass is 19.4. The predicted octanol–water partition coefficient (Wildman–Crippen LogP) is 4.08. The monoisotopic (exact) mass is 394 g/mol. The minimum absolute atomic E-state index is 0.216. The third-order valence-electron chi connectivity index (χ3n) is 4.03. The van der Waals surface area contributed by atoms with Crippen LogP contribution in [0.15, 0.2) is 46.9 Å². The van der Waals surface area contributed by atoms with Crippen LogP contribution in [0.1, 0.15) is 23.3 Å². The third-order valence-corrected chi connectivity index (χ3v) is 4.03. The van der Waals surface area contributed by atoms with E-state index in [1.165, 1.54) is 25.3 Å². The highest BCUT2D eigenvalue weighted by Gasteiger charge is 2.31. The van der Waals surface area contributed by atoms with E-state index in [1.807, 2.05) is 0 Å². The van der Waals surface area contributed by atoms with E-state index >= 15 is 0 Å². The number of ether oxygens (including phenoxy) is 2. The number of rotatable bonds is 6. The van der Waals surface area contributed by atoms with Gasteiger partial charge in [0.15, 0.2) is 0 Å². The molecule has 0 aliphatic rings. The smallest absolute Gasteiger partial charge is 0.496 e. The maximum absolute atomic E-state index is 12.4. The lowest BCUT2D eigenvalue weighted by Gasteiger charge is -2.15. The van der Waals surface area contributed by atoms with Gasteiger partial charge in [-0.1, -0.05) is 24.3 Å². The predicted molar refractivity (Wildman–Crippen MR) is 93.1 cm³/mol. The molecule has 0 aliphatic heterocycles. The van der Waals surface area contributed by atoms with Crippen LogP contribution in [-0.2, 0) is 0 Å². The van der Waals surface area contributed by atoms with Crippen molar-refractivity contribution in [2.45, 2.75) is 19.2 Å². The van der Waals surface area contributed by atoms with E-state index in [9.17, 15) is 18.3 Å². The second-order valence-corrected chi connectivity index (χ2v) is 5.93. The van der Waals surface area contributed by atoms with Crippen molar-refractivity contribution in [2.24, 2.45) is 0 Å². The van der Waals surface area contributed by atoms with Gasteiger partial charge in [-0.2, -0.15) is 0 Å². The highest BCUT2D eigenvalue weighted by Crippen LogP contribution is 2.36. The van der Waals surface area contributed by atoms with Gasteiger partial charge in [-0.15, -0.1) is 23.4 Å². The molecule has 1 aromatic heterocycles. The molecule has 0 radical (unpaired) electrons. The lowest BCUT2D eigenvalue weighted by Crippen LogP contribution is -2.17. The van der Waals surface area contributed by atoms with Crippen LogP contribution in [0.3, 0.4) is 0 Å². The van der Waals surface area contributed by atoms with Gasteiger partial charge in [0.2, 0.25) is 11.8 Å². The molecule has 1 N–H and O–H groups in total. The van der Waals surface area contributed by atoms with Crippen LogP contribution in [0.5, 0.6) is 11.5 Å². The lowest BCUT2D eigenvalue weighted by molar-refractivity contribution is -0.274. The molecule has 0 spiro atoms. The van der Waals surface area contributed by atoms with E-state index in [-0.39, 0.29) is 24.0 Å². The molecule has 9 heteroatoms. The summed E-state index contributed by atoms with van der Waals surface area (Å²) in [5, 5.41) is 17.5. The van der Waals surface area contributed by atoms with Crippen LogP contribution in [0.2, 0.25) is 0 Å². The van der Waals surface area contributed by atoms with Crippen molar-refractivity contribution < 1.29 is 32.2 Å². The Bertz CT molecular complexity index is 956. The Morgan fingerprint density at radius 1 is 1.14 bits per heavy atom. The molecule has 0 fully saturated rings. The Kier molecular flexibility index (Phi) is 5.55. The fourth-order valence-electron chi connectivity index (χ4n) is 2.81. The van der Waals surface area contributed by atoms with Crippen LogP contribution >= 0.6 is 0 Å². The number of aliphatic hydroxyl groups excluding tert-OH is 1. The Morgan fingerprint density at radius 2 is 1.93 bits per heavy atom. The van der Waals surface area contributed by atoms with Gasteiger partial charge in [-0.3, -0.25) is 0 Å². The minimum atomic E-state index is -4.79. The van der Waals surface area contributed by atoms with E-state index in [0.717, 1.165) is 0 Å². The van der Waals surface area contributed by atoms with Crippen molar-refractivity contribution in [3.8, 4) is 22.6 Å². The molecule has 0 saturated heterocycles. The van der Waals surface area contributed by atoms with E-state index in [2.05, 4.69) is 14.9 Å². The van der Waals surface area contributed by atoms with E-state index in [1.54, 1.807) is 31.2 Å². The summed E-state index contributed by atoms with van der Waals surface area (Å²) in [5.41, 5.74) is 1.96. The number of alkyl halides is 3. The molecular formula is C19H17F3N2O4. The first-order valence-corrected chi connectivity index (χ1v) is 8.25. The summed E-state index contributed by atoms with van der Waals surface area (Å²) in [6.07, 6.45) is -4.79. The van der Waals surface area contributed by atoms with Crippen LogP contribution < -0.4 is 9.47 Å². The first-order chi connectivity index (χ1) is 13.3. The van der Waals surface area contributed by atoms with Crippen molar-refractivity contribution >= 4 is 0 Å². The van der Waals surface area contributed by atoms with Gasteiger partial charge in [0, 0.05) is 18.6 Å². The quantitative estimate of drug-likeness (QED) is 0.679. The van der Waals surface area contributed by atoms with E-state index in [0.29, 0.717) is 22.6 Å². The number of aliphatic hydroxyl groups is 1. The Balaban J connectivity index is 1.97. The average molecular weight is 394 g/mol.